The molecule has 2 nitrogen and oxygen atoms in total. The van der Waals surface area contributed by atoms with Gasteiger partial charge in [-0.05, 0) is 29.8 Å². The van der Waals surface area contributed by atoms with Gasteiger partial charge in [-0.15, -0.1) is 0 Å². The van der Waals surface area contributed by atoms with Crippen molar-refractivity contribution in [3.05, 3.63) is 59.1 Å². The van der Waals surface area contributed by atoms with Crippen LogP contribution < -0.4 is 0 Å². The lowest BCUT2D eigenvalue weighted by Crippen LogP contribution is -2.03. The summed E-state index contributed by atoms with van der Waals surface area (Å²) in [5.74, 6) is -0.738. The Kier molecular flexibility index (Phi) is 3.55. The van der Waals surface area contributed by atoms with E-state index >= 15 is 0 Å². The van der Waals surface area contributed by atoms with E-state index in [9.17, 15) is 13.6 Å². The van der Waals surface area contributed by atoms with Crippen LogP contribution in [-0.4, -0.2) is 5.78 Å². The van der Waals surface area contributed by atoms with Gasteiger partial charge in [0.05, 0.1) is 0 Å². The van der Waals surface area contributed by atoms with Gasteiger partial charge in [0.1, 0.15) is 17.4 Å². The smallest absolute Gasteiger partial charge is 0.202 e. The molecule has 2 rings (SSSR count). The maximum absolute atomic E-state index is 13.0. The second-order valence-electron chi connectivity index (χ2n) is 4.00. The maximum Gasteiger partial charge on any atom is 0.202 e. The average Bonchev–Trinajstić information content (AvgIpc) is 2.75. The van der Waals surface area contributed by atoms with Crippen LogP contribution in [0.15, 0.2) is 34.7 Å². The van der Waals surface area contributed by atoms with Crippen molar-refractivity contribution < 1.29 is 18.0 Å². The molecule has 0 saturated heterocycles. The highest BCUT2D eigenvalue weighted by Crippen LogP contribution is 2.14. The predicted molar refractivity (Wildman–Crippen MR) is 62.5 cm³/mol. The molecule has 1 aromatic heterocycles. The second kappa shape index (κ2) is 5.12. The minimum atomic E-state index is -0.688. The molecule has 0 aliphatic rings. The lowest BCUT2D eigenvalue weighted by atomic mass is 10.1. The van der Waals surface area contributed by atoms with E-state index in [0.717, 1.165) is 18.2 Å². The van der Waals surface area contributed by atoms with Crippen LogP contribution in [0, 0.1) is 11.6 Å². The summed E-state index contributed by atoms with van der Waals surface area (Å²) in [5.41, 5.74) is 0.298. The van der Waals surface area contributed by atoms with Gasteiger partial charge in [0.25, 0.3) is 0 Å². The Morgan fingerprint density at radius 1 is 1.17 bits per heavy atom. The van der Waals surface area contributed by atoms with E-state index in [4.69, 9.17) is 4.42 Å². The number of benzene rings is 1. The van der Waals surface area contributed by atoms with Crippen molar-refractivity contribution in [3.8, 4) is 0 Å². The van der Waals surface area contributed by atoms with Gasteiger partial charge in [-0.3, -0.25) is 4.79 Å². The Morgan fingerprint density at radius 2 is 1.83 bits per heavy atom. The summed E-state index contributed by atoms with van der Waals surface area (Å²) in [6.45, 7) is 1.91. The molecule has 0 radical (unpaired) electrons. The van der Waals surface area contributed by atoms with Crippen LogP contribution in [-0.2, 0) is 12.8 Å². The largest absolute Gasteiger partial charge is 0.458 e. The molecule has 0 spiro atoms. The van der Waals surface area contributed by atoms with Gasteiger partial charge in [-0.1, -0.05) is 6.92 Å². The van der Waals surface area contributed by atoms with Gasteiger partial charge in [-0.2, -0.15) is 0 Å². The summed E-state index contributed by atoms with van der Waals surface area (Å²) in [5, 5.41) is 0. The molecule has 0 aliphatic heterocycles. The molecule has 94 valence electrons. The molecular weight excluding hydrogens is 238 g/mol. The Morgan fingerprint density at radius 3 is 2.39 bits per heavy atom. The van der Waals surface area contributed by atoms with Crippen molar-refractivity contribution in [3.63, 3.8) is 0 Å². The van der Waals surface area contributed by atoms with Crippen molar-refractivity contribution in [1.82, 2.24) is 0 Å². The summed E-state index contributed by atoms with van der Waals surface area (Å²) in [6, 6.07) is 6.36. The number of aryl methyl sites for hydroxylation is 1. The Labute approximate surface area is 103 Å². The first-order valence-electron chi connectivity index (χ1n) is 5.65. The lowest BCUT2D eigenvalue weighted by molar-refractivity contribution is 0.0964. The number of hydrogen-bond acceptors (Lipinski definition) is 2. The van der Waals surface area contributed by atoms with E-state index < -0.39 is 11.6 Å². The van der Waals surface area contributed by atoms with Crippen LogP contribution in [0.1, 0.15) is 28.8 Å². The van der Waals surface area contributed by atoms with Crippen LogP contribution in [0.5, 0.6) is 0 Å². The average molecular weight is 250 g/mol. The van der Waals surface area contributed by atoms with Crippen molar-refractivity contribution >= 4 is 5.78 Å². The summed E-state index contributed by atoms with van der Waals surface area (Å²) >= 11 is 0. The van der Waals surface area contributed by atoms with Crippen LogP contribution >= 0.6 is 0 Å². The lowest BCUT2D eigenvalue weighted by Gasteiger charge is -2.00. The first-order chi connectivity index (χ1) is 8.58. The van der Waals surface area contributed by atoms with Crippen LogP contribution in [0.3, 0.4) is 0 Å². The van der Waals surface area contributed by atoms with Gasteiger partial charge in [0.15, 0.2) is 5.76 Å². The second-order valence-corrected chi connectivity index (χ2v) is 4.00. The maximum atomic E-state index is 13.0. The zero-order valence-electron chi connectivity index (χ0n) is 9.87. The monoisotopic (exact) mass is 250 g/mol. The van der Waals surface area contributed by atoms with Gasteiger partial charge < -0.3 is 4.42 Å². The summed E-state index contributed by atoms with van der Waals surface area (Å²) < 4.78 is 31.2. The highest BCUT2D eigenvalue weighted by atomic mass is 19.1. The van der Waals surface area contributed by atoms with Crippen molar-refractivity contribution in [2.75, 3.05) is 0 Å². The SMILES string of the molecule is CCc1ccc(C(=O)Cc2cc(F)cc(F)c2)o1. The van der Waals surface area contributed by atoms with Gasteiger partial charge >= 0.3 is 0 Å². The summed E-state index contributed by atoms with van der Waals surface area (Å²) in [7, 11) is 0. The number of ketones is 1. The minimum Gasteiger partial charge on any atom is -0.458 e. The number of hydrogen-bond donors (Lipinski definition) is 0. The zero-order valence-corrected chi connectivity index (χ0v) is 9.87. The topological polar surface area (TPSA) is 30.2 Å². The molecule has 0 unspecified atom stereocenters. The third-order valence-electron chi connectivity index (χ3n) is 2.57. The molecule has 4 heteroatoms. The number of Topliss-reactive ketones (excluding diaryl/α,β-unsaturated/α-hetero) is 1. The molecule has 1 aromatic carbocycles. The van der Waals surface area contributed by atoms with E-state index in [-0.39, 0.29) is 18.0 Å². The van der Waals surface area contributed by atoms with Crippen molar-refractivity contribution in [1.29, 1.82) is 0 Å². The third kappa shape index (κ3) is 2.83. The first-order valence-corrected chi connectivity index (χ1v) is 5.65. The van der Waals surface area contributed by atoms with Gasteiger partial charge in [0, 0.05) is 18.9 Å². The van der Waals surface area contributed by atoms with Crippen molar-refractivity contribution in [2.45, 2.75) is 19.8 Å². The highest BCUT2D eigenvalue weighted by Gasteiger charge is 2.12. The molecule has 0 amide bonds. The molecular formula is C14H12F2O2. The fourth-order valence-corrected chi connectivity index (χ4v) is 1.70. The van der Waals surface area contributed by atoms with Gasteiger partial charge in [-0.25, -0.2) is 8.78 Å². The molecule has 0 fully saturated rings. The number of carbonyl (C=O) groups excluding carboxylic acids is 1. The quantitative estimate of drug-likeness (QED) is 0.777. The van der Waals surface area contributed by atoms with E-state index in [1.165, 1.54) is 0 Å². The summed E-state index contributed by atoms with van der Waals surface area (Å²) in [6.07, 6.45) is 0.618. The van der Waals surface area contributed by atoms with Crippen LogP contribution in [0.2, 0.25) is 0 Å². The first kappa shape index (κ1) is 12.5. The molecule has 18 heavy (non-hydrogen) atoms. The number of rotatable bonds is 4. The van der Waals surface area contributed by atoms with E-state index in [2.05, 4.69) is 0 Å². The van der Waals surface area contributed by atoms with Gasteiger partial charge in [0.2, 0.25) is 5.78 Å². The van der Waals surface area contributed by atoms with E-state index in [1.54, 1.807) is 12.1 Å². The number of furan rings is 1. The molecule has 0 bridgehead atoms. The Hall–Kier alpha value is -1.97. The van der Waals surface area contributed by atoms with E-state index in [1.807, 2.05) is 6.92 Å². The Bertz CT molecular complexity index is 553. The van der Waals surface area contributed by atoms with Crippen molar-refractivity contribution in [2.24, 2.45) is 0 Å². The molecule has 0 aliphatic carbocycles. The Balaban J connectivity index is 2.15. The number of halogens is 2. The van der Waals surface area contributed by atoms with E-state index in [0.29, 0.717) is 17.7 Å². The molecule has 1 heterocycles. The third-order valence-corrected chi connectivity index (χ3v) is 2.57. The molecule has 0 N–H and O–H groups in total. The molecule has 0 saturated carbocycles. The fraction of sp³-hybridized carbons (Fsp3) is 0.214. The highest BCUT2D eigenvalue weighted by molar-refractivity contribution is 5.95. The molecule has 2 aromatic rings. The van der Waals surface area contributed by atoms with Crippen LogP contribution in [0.25, 0.3) is 0 Å². The molecule has 0 atom stereocenters. The summed E-state index contributed by atoms with van der Waals surface area (Å²) in [4.78, 5) is 11.8. The standard InChI is InChI=1S/C14H12F2O2/c1-2-12-3-4-14(18-12)13(17)7-9-5-10(15)8-11(16)6-9/h3-6,8H,2,7H2,1H3. The predicted octanol–water partition coefficient (Wildman–Crippen LogP) is 3.55. The fourth-order valence-electron chi connectivity index (χ4n) is 1.70. The minimum absolute atomic E-state index is 0.0780. The normalized spacial score (nSPS) is 10.6. The number of carbonyl (C=O) groups is 1. The van der Waals surface area contributed by atoms with Crippen LogP contribution in [0.4, 0.5) is 8.78 Å². The zero-order chi connectivity index (χ0) is 13.1.